The Morgan fingerprint density at radius 2 is 1.77 bits per heavy atom. The van der Waals surface area contributed by atoms with Crippen molar-refractivity contribution in [3.8, 4) is 5.75 Å². The minimum Gasteiger partial charge on any atom is -0.497 e. The minimum atomic E-state index is -1.10. The Morgan fingerprint density at radius 3 is 2.40 bits per heavy atom. The fraction of sp³-hybridized carbons (Fsp3) is 0.520. The van der Waals surface area contributed by atoms with Gasteiger partial charge in [0, 0.05) is 30.7 Å². The molecule has 3 N–H and O–H groups in total. The fourth-order valence-electron chi connectivity index (χ4n) is 4.93. The molecule has 1 aliphatic heterocycles. The van der Waals surface area contributed by atoms with E-state index in [1.165, 1.54) is 16.9 Å². The summed E-state index contributed by atoms with van der Waals surface area (Å²) < 4.78 is 10.5. The molecule has 1 aromatic carbocycles. The number of aryl methyl sites for hydroxylation is 2. The average Bonchev–Trinajstić information content (AvgIpc) is 3.21. The van der Waals surface area contributed by atoms with E-state index in [0.717, 1.165) is 25.7 Å². The van der Waals surface area contributed by atoms with Gasteiger partial charge in [-0.1, -0.05) is 11.2 Å². The number of benzene rings is 1. The second kappa shape index (κ2) is 10.5. The van der Waals surface area contributed by atoms with Crippen LogP contribution in [0.15, 0.2) is 28.8 Å². The van der Waals surface area contributed by atoms with Gasteiger partial charge in [-0.3, -0.25) is 14.4 Å². The zero-order chi connectivity index (χ0) is 25.1. The number of hydrogen-bond acceptors (Lipinski definition) is 7. The topological polar surface area (TPSA) is 131 Å². The van der Waals surface area contributed by atoms with Crippen molar-refractivity contribution in [1.29, 1.82) is 0 Å². The highest BCUT2D eigenvalue weighted by atomic mass is 16.5. The molecule has 0 spiro atoms. The molecule has 0 bridgehead atoms. The molecule has 2 aromatic rings. The van der Waals surface area contributed by atoms with E-state index in [4.69, 9.17) is 15.0 Å². The van der Waals surface area contributed by atoms with Gasteiger partial charge in [0.2, 0.25) is 0 Å². The molecule has 1 saturated heterocycles. The molecule has 35 heavy (non-hydrogen) atoms. The maximum atomic E-state index is 13.7. The van der Waals surface area contributed by atoms with Crippen LogP contribution in [-0.2, 0) is 4.79 Å². The Labute approximate surface area is 204 Å². The number of carbonyl (C=O) groups excluding carboxylic acids is 3. The van der Waals surface area contributed by atoms with Crippen molar-refractivity contribution in [2.24, 2.45) is 5.73 Å². The lowest BCUT2D eigenvalue weighted by Crippen LogP contribution is -2.64. The highest BCUT2D eigenvalue weighted by Crippen LogP contribution is 2.25. The van der Waals surface area contributed by atoms with Crippen LogP contribution < -0.4 is 15.8 Å². The van der Waals surface area contributed by atoms with Crippen LogP contribution in [0.1, 0.15) is 64.3 Å². The normalized spacial score (nSPS) is 22.6. The van der Waals surface area contributed by atoms with Gasteiger partial charge < -0.3 is 30.1 Å². The van der Waals surface area contributed by atoms with E-state index >= 15 is 0 Å². The van der Waals surface area contributed by atoms with E-state index in [-0.39, 0.29) is 29.8 Å². The van der Waals surface area contributed by atoms with E-state index in [1.807, 2.05) is 0 Å². The first kappa shape index (κ1) is 24.7. The second-order valence-electron chi connectivity index (χ2n) is 9.28. The van der Waals surface area contributed by atoms with Gasteiger partial charge in [0.05, 0.1) is 12.8 Å². The third-order valence-corrected chi connectivity index (χ3v) is 6.83. The molecule has 0 radical (unpaired) electrons. The number of carbonyl (C=O) groups is 3. The van der Waals surface area contributed by atoms with Gasteiger partial charge >= 0.3 is 0 Å². The Balaban J connectivity index is 1.66. The quantitative estimate of drug-likeness (QED) is 0.665. The summed E-state index contributed by atoms with van der Waals surface area (Å²) in [4.78, 5) is 43.8. The number of amides is 3. The molecule has 3 amide bonds. The fourth-order valence-corrected chi connectivity index (χ4v) is 4.93. The van der Waals surface area contributed by atoms with Gasteiger partial charge in [0.1, 0.15) is 17.1 Å². The van der Waals surface area contributed by atoms with Crippen molar-refractivity contribution in [3.05, 3.63) is 46.8 Å². The van der Waals surface area contributed by atoms with Crippen LogP contribution in [0.25, 0.3) is 0 Å². The van der Waals surface area contributed by atoms with Crippen LogP contribution in [0.3, 0.4) is 0 Å². The number of rotatable bonds is 5. The second-order valence-corrected chi connectivity index (χ2v) is 9.28. The molecule has 1 aliphatic carbocycles. The molecule has 2 aliphatic rings. The first-order valence-electron chi connectivity index (χ1n) is 12.0. The molecular weight excluding hydrogens is 450 g/mol. The van der Waals surface area contributed by atoms with Gasteiger partial charge in [-0.05, 0) is 64.2 Å². The first-order chi connectivity index (χ1) is 16.8. The first-order valence-corrected chi connectivity index (χ1v) is 12.0. The Hall–Kier alpha value is -3.40. The van der Waals surface area contributed by atoms with Gasteiger partial charge in [-0.2, -0.15) is 0 Å². The Morgan fingerprint density at radius 1 is 1.09 bits per heavy atom. The molecule has 10 nitrogen and oxygen atoms in total. The summed E-state index contributed by atoms with van der Waals surface area (Å²) in [5.74, 6) is -0.178. The van der Waals surface area contributed by atoms with Crippen molar-refractivity contribution in [2.75, 3.05) is 20.2 Å². The number of nitrogens with zero attached hydrogens (tertiary/aromatic N) is 3. The molecule has 1 saturated carbocycles. The summed E-state index contributed by atoms with van der Waals surface area (Å²) in [6, 6.07) is 6.88. The highest BCUT2D eigenvalue weighted by molar-refractivity contribution is 6.02. The van der Waals surface area contributed by atoms with Gasteiger partial charge in [0.25, 0.3) is 17.7 Å². The zero-order valence-corrected chi connectivity index (χ0v) is 20.5. The van der Waals surface area contributed by atoms with Crippen LogP contribution in [0.2, 0.25) is 0 Å². The SMILES string of the molecule is COc1cccc(C(=O)N2CCCN(C(=O)c3c(C)noc3C)C2C(=O)NC2CCC(N)CC2)c1. The van der Waals surface area contributed by atoms with Crippen molar-refractivity contribution in [1.82, 2.24) is 20.3 Å². The third-order valence-electron chi connectivity index (χ3n) is 6.83. The minimum absolute atomic E-state index is 0.0472. The van der Waals surface area contributed by atoms with Crippen LogP contribution in [0, 0.1) is 13.8 Å². The van der Waals surface area contributed by atoms with Crippen LogP contribution >= 0.6 is 0 Å². The monoisotopic (exact) mass is 483 g/mol. The van der Waals surface area contributed by atoms with Crippen LogP contribution in [0.4, 0.5) is 0 Å². The van der Waals surface area contributed by atoms with E-state index in [9.17, 15) is 14.4 Å². The lowest BCUT2D eigenvalue weighted by atomic mass is 9.91. The highest BCUT2D eigenvalue weighted by Gasteiger charge is 2.42. The lowest BCUT2D eigenvalue weighted by molar-refractivity contribution is -0.133. The third kappa shape index (κ3) is 5.17. The molecule has 2 fully saturated rings. The molecule has 4 rings (SSSR count). The van der Waals surface area contributed by atoms with E-state index in [2.05, 4.69) is 10.5 Å². The number of methoxy groups -OCH3 is 1. The van der Waals surface area contributed by atoms with Crippen molar-refractivity contribution < 1.29 is 23.6 Å². The van der Waals surface area contributed by atoms with Crippen LogP contribution in [0.5, 0.6) is 5.75 Å². The number of ether oxygens (including phenoxy) is 1. The largest absolute Gasteiger partial charge is 0.497 e. The molecule has 188 valence electrons. The van der Waals surface area contributed by atoms with Gasteiger partial charge in [-0.15, -0.1) is 0 Å². The predicted octanol–water partition coefficient (Wildman–Crippen LogP) is 2.00. The van der Waals surface area contributed by atoms with Crippen molar-refractivity contribution in [3.63, 3.8) is 0 Å². The number of nitrogens with two attached hydrogens (primary N) is 1. The van der Waals surface area contributed by atoms with Gasteiger partial charge in [-0.25, -0.2) is 0 Å². The maximum Gasteiger partial charge on any atom is 0.264 e. The average molecular weight is 484 g/mol. The zero-order valence-electron chi connectivity index (χ0n) is 20.5. The molecule has 1 atom stereocenters. The van der Waals surface area contributed by atoms with E-state index < -0.39 is 6.17 Å². The predicted molar refractivity (Wildman–Crippen MR) is 128 cm³/mol. The summed E-state index contributed by atoms with van der Waals surface area (Å²) in [5.41, 5.74) is 7.18. The number of nitrogens with one attached hydrogen (secondary N) is 1. The molecule has 1 unspecified atom stereocenters. The van der Waals surface area contributed by atoms with Crippen molar-refractivity contribution >= 4 is 17.7 Å². The van der Waals surface area contributed by atoms with Crippen molar-refractivity contribution in [2.45, 2.75) is 64.2 Å². The Bertz CT molecular complexity index is 1070. The lowest BCUT2D eigenvalue weighted by Gasteiger charge is -2.43. The summed E-state index contributed by atoms with van der Waals surface area (Å²) in [5, 5.41) is 6.98. The summed E-state index contributed by atoms with van der Waals surface area (Å²) in [7, 11) is 1.53. The van der Waals surface area contributed by atoms with Gasteiger partial charge in [0.15, 0.2) is 6.17 Å². The summed E-state index contributed by atoms with van der Waals surface area (Å²) >= 11 is 0. The van der Waals surface area contributed by atoms with E-state index in [1.54, 1.807) is 38.1 Å². The number of aromatic nitrogens is 1. The van der Waals surface area contributed by atoms with E-state index in [0.29, 0.717) is 47.8 Å². The molecule has 1 aromatic heterocycles. The molecular formula is C25H33N5O5. The number of hydrogen-bond donors (Lipinski definition) is 2. The maximum absolute atomic E-state index is 13.7. The molecule has 2 heterocycles. The Kier molecular flexibility index (Phi) is 7.39. The van der Waals surface area contributed by atoms with Crippen LogP contribution in [-0.4, -0.2) is 71.1 Å². The summed E-state index contributed by atoms with van der Waals surface area (Å²) in [6.45, 7) is 4.03. The summed E-state index contributed by atoms with van der Waals surface area (Å²) in [6.07, 6.45) is 2.61. The molecule has 10 heteroatoms. The smallest absolute Gasteiger partial charge is 0.264 e. The standard InChI is InChI=1S/C25H33N5O5/c1-15-21(16(2)35-28-15)25(33)30-13-5-12-29(24(32)17-6-4-7-20(14-17)34-3)23(30)22(31)27-19-10-8-18(26)9-11-19/h4,6-7,14,18-19,23H,5,8-13,26H2,1-3H3,(H,27,31).